The van der Waals surface area contributed by atoms with Crippen LogP contribution in [0.2, 0.25) is 0 Å². The maximum absolute atomic E-state index is 8.74. The summed E-state index contributed by atoms with van der Waals surface area (Å²) in [7, 11) is -4.67. The Morgan fingerprint density at radius 1 is 0.727 bits per heavy atom. The predicted octanol–water partition coefficient (Wildman–Crippen LogP) is 8.02. The molecular weight excluding hydrogens is 434 g/mol. The molecule has 0 spiro atoms. The monoisotopic (exact) mass is 485 g/mol. The zero-order valence-corrected chi connectivity index (χ0v) is 22.7. The van der Waals surface area contributed by atoms with Gasteiger partial charge in [-0.15, -0.1) is 0 Å². The lowest BCUT2D eigenvalue weighted by Gasteiger charge is -2.51. The minimum Gasteiger partial charge on any atom is -0.307 e. The maximum atomic E-state index is 8.74. The lowest BCUT2D eigenvalue weighted by molar-refractivity contribution is 0.0450. The Morgan fingerprint density at radius 3 is 1.61 bits per heavy atom. The van der Waals surface area contributed by atoms with Crippen LogP contribution in [0.25, 0.3) is 0 Å². The first-order valence-corrected chi connectivity index (χ1v) is 14.5. The van der Waals surface area contributed by atoms with Crippen LogP contribution in [0.4, 0.5) is 0 Å². The van der Waals surface area contributed by atoms with Crippen LogP contribution in [0, 0.1) is 5.41 Å². The molecule has 194 valence electrons. The van der Waals surface area contributed by atoms with Gasteiger partial charge in [-0.3, -0.25) is 9.11 Å². The normalized spacial score (nSPS) is 12.3. The largest absolute Gasteiger partial charge is 0.394 e. The quantitative estimate of drug-likeness (QED) is 0.154. The van der Waals surface area contributed by atoms with Gasteiger partial charge < -0.3 is 5.32 Å². The molecule has 0 heterocycles. The van der Waals surface area contributed by atoms with E-state index < -0.39 is 10.4 Å². The van der Waals surface area contributed by atoms with Crippen LogP contribution < -0.4 is 5.32 Å². The second-order valence-electron chi connectivity index (χ2n) is 9.29. The zero-order chi connectivity index (χ0) is 25.2. The molecule has 0 saturated carbocycles. The number of hydrogen-bond acceptors (Lipinski definition) is 3. The van der Waals surface area contributed by atoms with Gasteiger partial charge in [-0.1, -0.05) is 116 Å². The molecule has 5 nitrogen and oxygen atoms in total. The number of benzene rings is 1. The average Bonchev–Trinajstić information content (AvgIpc) is 2.79. The van der Waals surface area contributed by atoms with E-state index in [0.717, 1.165) is 6.54 Å². The summed E-state index contributed by atoms with van der Waals surface area (Å²) in [6.45, 7) is 12.9. The fourth-order valence-electron chi connectivity index (χ4n) is 5.42. The summed E-state index contributed by atoms with van der Waals surface area (Å²) in [6.07, 6.45) is 17.7. The molecule has 3 N–H and O–H groups in total. The molecule has 33 heavy (non-hydrogen) atoms. The van der Waals surface area contributed by atoms with E-state index in [-0.39, 0.29) is 5.54 Å². The van der Waals surface area contributed by atoms with Crippen molar-refractivity contribution >= 4 is 10.4 Å². The Balaban J connectivity index is 0.00000184. The lowest BCUT2D eigenvalue weighted by atomic mass is 9.60. The third kappa shape index (κ3) is 12.9. The number of rotatable bonds is 17. The number of unbranched alkanes of at least 4 members (excludes halogenated alkanes) is 7. The molecule has 0 unspecified atom stereocenters. The van der Waals surface area contributed by atoms with Crippen LogP contribution in [-0.2, 0) is 16.9 Å². The van der Waals surface area contributed by atoms with E-state index in [0.29, 0.717) is 5.41 Å². The molecule has 0 fully saturated rings. The summed E-state index contributed by atoms with van der Waals surface area (Å²) >= 11 is 0. The van der Waals surface area contributed by atoms with E-state index in [9.17, 15) is 0 Å². The van der Waals surface area contributed by atoms with Gasteiger partial charge in [-0.05, 0) is 43.1 Å². The summed E-state index contributed by atoms with van der Waals surface area (Å²) < 4.78 is 31.6. The summed E-state index contributed by atoms with van der Waals surface area (Å²) in [6, 6.07) is 10.9. The zero-order valence-electron chi connectivity index (χ0n) is 21.9. The van der Waals surface area contributed by atoms with Crippen molar-refractivity contribution < 1.29 is 17.5 Å². The van der Waals surface area contributed by atoms with Gasteiger partial charge in [0.2, 0.25) is 0 Å². The second kappa shape index (κ2) is 17.5. The maximum Gasteiger partial charge on any atom is 0.394 e. The first-order valence-electron chi connectivity index (χ1n) is 13.1. The molecule has 0 radical (unpaired) electrons. The minimum atomic E-state index is -4.67. The molecule has 0 bridgehead atoms. The number of hydrogen-bond donors (Lipinski definition) is 3. The third-order valence-electron chi connectivity index (χ3n) is 7.56. The van der Waals surface area contributed by atoms with Gasteiger partial charge in [0.05, 0.1) is 0 Å². The highest BCUT2D eigenvalue weighted by molar-refractivity contribution is 7.79. The standard InChI is InChI=1S/C27H49N.H2O4S/c1-6-11-12-13-14-15-16-20-23-26(7-2,8-3)27(9-4,10-5)28-24-25-21-18-17-19-22-25;1-5(2,3)4/h17-19,21-22,28H,6-16,20,23-24H2,1-5H3;(H2,1,2,3,4). The van der Waals surface area contributed by atoms with Crippen LogP contribution >= 0.6 is 0 Å². The first kappa shape index (κ1) is 32.0. The predicted molar refractivity (Wildman–Crippen MR) is 141 cm³/mol. The molecule has 0 aliphatic rings. The van der Waals surface area contributed by atoms with Gasteiger partial charge in [-0.25, -0.2) is 0 Å². The van der Waals surface area contributed by atoms with Crippen molar-refractivity contribution in [1.29, 1.82) is 0 Å². The van der Waals surface area contributed by atoms with Gasteiger partial charge >= 0.3 is 10.4 Å². The van der Waals surface area contributed by atoms with Crippen molar-refractivity contribution in [3.8, 4) is 0 Å². The highest BCUT2D eigenvalue weighted by Gasteiger charge is 2.45. The number of nitrogens with one attached hydrogen (secondary N) is 1. The molecule has 1 aromatic carbocycles. The second-order valence-corrected chi connectivity index (χ2v) is 10.2. The first-order chi connectivity index (χ1) is 15.6. The molecule has 1 rings (SSSR count). The third-order valence-corrected chi connectivity index (χ3v) is 7.56. The Hall–Kier alpha value is -0.950. The molecule has 0 atom stereocenters. The fraction of sp³-hybridized carbons (Fsp3) is 0.778. The summed E-state index contributed by atoms with van der Waals surface area (Å²) in [5.74, 6) is 0. The SMILES string of the molecule is CCCCCCCCCCC(CC)(CC)C(CC)(CC)NCc1ccccc1.O=S(=O)(O)O. The highest BCUT2D eigenvalue weighted by Crippen LogP contribution is 2.47. The van der Waals surface area contributed by atoms with Crippen molar-refractivity contribution in [2.75, 3.05) is 0 Å². The Kier molecular flexibility index (Phi) is 17.0. The molecule has 6 heteroatoms. The Labute approximate surface area is 204 Å². The minimum absolute atomic E-state index is 0.244. The van der Waals surface area contributed by atoms with Crippen LogP contribution in [0.1, 0.15) is 124 Å². The van der Waals surface area contributed by atoms with Gasteiger partial charge in [-0.2, -0.15) is 8.42 Å². The van der Waals surface area contributed by atoms with Crippen molar-refractivity contribution in [3.05, 3.63) is 35.9 Å². The summed E-state index contributed by atoms with van der Waals surface area (Å²) in [5, 5.41) is 4.07. The van der Waals surface area contributed by atoms with Gasteiger partial charge in [0.15, 0.2) is 0 Å². The Bertz CT molecular complexity index is 675. The average molecular weight is 486 g/mol. The van der Waals surface area contributed by atoms with E-state index in [1.54, 1.807) is 0 Å². The molecule has 0 saturated heterocycles. The van der Waals surface area contributed by atoms with E-state index in [2.05, 4.69) is 70.3 Å². The van der Waals surface area contributed by atoms with Crippen LogP contribution in [0.5, 0.6) is 0 Å². The van der Waals surface area contributed by atoms with E-state index >= 15 is 0 Å². The van der Waals surface area contributed by atoms with E-state index in [1.165, 1.54) is 89.0 Å². The molecule has 0 aliphatic heterocycles. The lowest BCUT2D eigenvalue weighted by Crippen LogP contribution is -2.57. The molecule has 0 amide bonds. The Morgan fingerprint density at radius 2 is 1.18 bits per heavy atom. The molecule has 1 aromatic rings. The van der Waals surface area contributed by atoms with Crippen molar-refractivity contribution in [3.63, 3.8) is 0 Å². The topological polar surface area (TPSA) is 86.6 Å². The smallest absolute Gasteiger partial charge is 0.307 e. The van der Waals surface area contributed by atoms with Gasteiger partial charge in [0.1, 0.15) is 0 Å². The van der Waals surface area contributed by atoms with Crippen molar-refractivity contribution in [2.45, 2.75) is 130 Å². The molecule has 0 aromatic heterocycles. The van der Waals surface area contributed by atoms with E-state index in [1.807, 2.05) is 0 Å². The highest BCUT2D eigenvalue weighted by atomic mass is 32.3. The van der Waals surface area contributed by atoms with Gasteiger partial charge in [0.25, 0.3) is 0 Å². The van der Waals surface area contributed by atoms with Crippen molar-refractivity contribution in [2.24, 2.45) is 5.41 Å². The summed E-state index contributed by atoms with van der Waals surface area (Å²) in [5.41, 5.74) is 2.06. The summed E-state index contributed by atoms with van der Waals surface area (Å²) in [4.78, 5) is 0. The van der Waals surface area contributed by atoms with Crippen LogP contribution in [0.15, 0.2) is 30.3 Å². The molecular formula is C27H51NO4S. The van der Waals surface area contributed by atoms with Crippen LogP contribution in [0.3, 0.4) is 0 Å². The van der Waals surface area contributed by atoms with E-state index in [4.69, 9.17) is 17.5 Å². The van der Waals surface area contributed by atoms with Crippen molar-refractivity contribution in [1.82, 2.24) is 5.32 Å². The fourth-order valence-corrected chi connectivity index (χ4v) is 5.42. The van der Waals surface area contributed by atoms with Crippen LogP contribution in [-0.4, -0.2) is 23.1 Å². The molecule has 0 aliphatic carbocycles. The van der Waals surface area contributed by atoms with Gasteiger partial charge in [0, 0.05) is 12.1 Å².